The van der Waals surface area contributed by atoms with Gasteiger partial charge in [0.2, 0.25) is 0 Å². The zero-order chi connectivity index (χ0) is 9.78. The Morgan fingerprint density at radius 1 is 1.58 bits per heavy atom. The molecule has 0 aromatic rings. The number of carboxylic acids is 1. The number of hydrogen-bond acceptors (Lipinski definition) is 3. The maximum absolute atomic E-state index is 10.3. The van der Waals surface area contributed by atoms with E-state index in [1.165, 1.54) is 0 Å². The number of carbonyl (C=O) groups is 1. The molecule has 0 aliphatic heterocycles. The highest BCUT2D eigenvalue weighted by atomic mass is 16.5. The Balaban J connectivity index is 3.92. The van der Waals surface area contributed by atoms with Gasteiger partial charge in [-0.05, 0) is 20.8 Å². The van der Waals surface area contributed by atoms with E-state index in [2.05, 4.69) is 0 Å². The summed E-state index contributed by atoms with van der Waals surface area (Å²) in [5, 5.41) is 8.48. The lowest BCUT2D eigenvalue weighted by atomic mass is 10.1. The molecule has 0 aromatic carbocycles. The highest BCUT2D eigenvalue weighted by Gasteiger charge is 2.19. The SMILES string of the molecule is CC(C)(C)O[C@H](CN)CC(=O)O. The molecular weight excluding hydrogens is 158 g/mol. The van der Waals surface area contributed by atoms with E-state index in [-0.39, 0.29) is 24.7 Å². The van der Waals surface area contributed by atoms with Gasteiger partial charge in [-0.15, -0.1) is 0 Å². The Morgan fingerprint density at radius 2 is 2.08 bits per heavy atom. The van der Waals surface area contributed by atoms with E-state index in [9.17, 15) is 4.79 Å². The average Bonchev–Trinajstić information content (AvgIpc) is 1.82. The van der Waals surface area contributed by atoms with Crippen LogP contribution < -0.4 is 5.73 Å². The molecule has 4 heteroatoms. The molecule has 0 rings (SSSR count). The summed E-state index contributed by atoms with van der Waals surface area (Å²) in [6, 6.07) is 0. The Morgan fingerprint density at radius 3 is 2.33 bits per heavy atom. The van der Waals surface area contributed by atoms with Gasteiger partial charge in [0.15, 0.2) is 0 Å². The minimum atomic E-state index is -0.880. The second kappa shape index (κ2) is 4.42. The molecule has 0 unspecified atom stereocenters. The van der Waals surface area contributed by atoms with Gasteiger partial charge in [-0.2, -0.15) is 0 Å². The highest BCUT2D eigenvalue weighted by Crippen LogP contribution is 2.12. The first-order valence-electron chi connectivity index (χ1n) is 3.95. The third-order valence-electron chi connectivity index (χ3n) is 1.19. The van der Waals surface area contributed by atoms with Crippen LogP contribution in [0.15, 0.2) is 0 Å². The van der Waals surface area contributed by atoms with Gasteiger partial charge in [0, 0.05) is 6.54 Å². The van der Waals surface area contributed by atoms with Crippen molar-refractivity contribution in [3.8, 4) is 0 Å². The van der Waals surface area contributed by atoms with E-state index in [0.717, 1.165) is 0 Å². The van der Waals surface area contributed by atoms with Crippen molar-refractivity contribution in [2.24, 2.45) is 5.73 Å². The summed E-state index contributed by atoms with van der Waals surface area (Å²) in [5.41, 5.74) is 5.01. The van der Waals surface area contributed by atoms with Crippen LogP contribution in [0.3, 0.4) is 0 Å². The molecule has 0 amide bonds. The minimum absolute atomic E-state index is 0.0340. The molecule has 0 saturated carbocycles. The van der Waals surface area contributed by atoms with Gasteiger partial charge in [0.25, 0.3) is 0 Å². The van der Waals surface area contributed by atoms with Crippen LogP contribution in [0.5, 0.6) is 0 Å². The molecule has 0 spiro atoms. The van der Waals surface area contributed by atoms with E-state index in [0.29, 0.717) is 0 Å². The summed E-state index contributed by atoms with van der Waals surface area (Å²) in [6.45, 7) is 5.86. The number of aliphatic carboxylic acids is 1. The van der Waals surface area contributed by atoms with Gasteiger partial charge in [0.05, 0.1) is 18.1 Å². The topological polar surface area (TPSA) is 72.5 Å². The predicted octanol–water partition coefficient (Wildman–Crippen LogP) is 0.603. The molecule has 0 radical (unpaired) electrons. The predicted molar refractivity (Wildman–Crippen MR) is 45.9 cm³/mol. The van der Waals surface area contributed by atoms with Crippen LogP contribution >= 0.6 is 0 Å². The molecule has 0 aromatic heterocycles. The fourth-order valence-corrected chi connectivity index (χ4v) is 0.868. The van der Waals surface area contributed by atoms with Gasteiger partial charge < -0.3 is 15.6 Å². The third-order valence-corrected chi connectivity index (χ3v) is 1.19. The lowest BCUT2D eigenvalue weighted by Gasteiger charge is -2.25. The maximum Gasteiger partial charge on any atom is 0.306 e. The van der Waals surface area contributed by atoms with Crippen molar-refractivity contribution >= 4 is 5.97 Å². The van der Waals surface area contributed by atoms with E-state index in [1.54, 1.807) is 0 Å². The molecule has 0 aliphatic carbocycles. The summed E-state index contributed by atoms with van der Waals surface area (Å²) in [7, 11) is 0. The van der Waals surface area contributed by atoms with Crippen molar-refractivity contribution in [3.05, 3.63) is 0 Å². The van der Waals surface area contributed by atoms with Crippen LogP contribution in [0.25, 0.3) is 0 Å². The number of rotatable bonds is 4. The molecule has 0 saturated heterocycles. The zero-order valence-corrected chi connectivity index (χ0v) is 7.83. The molecule has 4 nitrogen and oxygen atoms in total. The van der Waals surface area contributed by atoms with Crippen molar-refractivity contribution in [1.29, 1.82) is 0 Å². The monoisotopic (exact) mass is 175 g/mol. The molecule has 0 bridgehead atoms. The highest BCUT2D eigenvalue weighted by molar-refractivity contribution is 5.67. The Labute approximate surface area is 72.7 Å². The quantitative estimate of drug-likeness (QED) is 0.656. The van der Waals surface area contributed by atoms with Gasteiger partial charge in [-0.25, -0.2) is 0 Å². The van der Waals surface area contributed by atoms with Crippen LogP contribution in [0.1, 0.15) is 27.2 Å². The smallest absolute Gasteiger partial charge is 0.306 e. The van der Waals surface area contributed by atoms with Crippen molar-refractivity contribution < 1.29 is 14.6 Å². The van der Waals surface area contributed by atoms with Crippen molar-refractivity contribution in [2.75, 3.05) is 6.54 Å². The Bertz CT molecular complexity index is 151. The number of ether oxygens (including phenoxy) is 1. The molecule has 0 aliphatic rings. The van der Waals surface area contributed by atoms with Crippen LogP contribution in [0.2, 0.25) is 0 Å². The van der Waals surface area contributed by atoms with E-state index >= 15 is 0 Å². The lowest BCUT2D eigenvalue weighted by Crippen LogP contribution is -2.34. The Hall–Kier alpha value is -0.610. The summed E-state index contributed by atoms with van der Waals surface area (Å²) in [5.74, 6) is -0.880. The van der Waals surface area contributed by atoms with Crippen molar-refractivity contribution in [3.63, 3.8) is 0 Å². The zero-order valence-electron chi connectivity index (χ0n) is 7.83. The molecule has 12 heavy (non-hydrogen) atoms. The number of nitrogens with two attached hydrogens (primary N) is 1. The molecule has 0 fully saturated rings. The van der Waals surface area contributed by atoms with Gasteiger partial charge >= 0.3 is 5.97 Å². The summed E-state index contributed by atoms with van der Waals surface area (Å²) in [6.07, 6.45) is -0.421. The molecular formula is C8H17NO3. The molecule has 0 heterocycles. The maximum atomic E-state index is 10.3. The molecule has 1 atom stereocenters. The van der Waals surface area contributed by atoms with Gasteiger partial charge in [0.1, 0.15) is 0 Å². The van der Waals surface area contributed by atoms with Gasteiger partial charge in [-0.1, -0.05) is 0 Å². The van der Waals surface area contributed by atoms with Crippen molar-refractivity contribution in [1.82, 2.24) is 0 Å². The summed E-state index contributed by atoms with van der Waals surface area (Å²) in [4.78, 5) is 10.3. The average molecular weight is 175 g/mol. The summed E-state index contributed by atoms with van der Waals surface area (Å²) < 4.78 is 5.39. The number of carboxylic acid groups (broad SMARTS) is 1. The van der Waals surface area contributed by atoms with E-state index < -0.39 is 5.97 Å². The first-order valence-corrected chi connectivity index (χ1v) is 3.95. The van der Waals surface area contributed by atoms with E-state index in [4.69, 9.17) is 15.6 Å². The number of hydrogen-bond donors (Lipinski definition) is 2. The molecule has 72 valence electrons. The van der Waals surface area contributed by atoms with Crippen LogP contribution in [-0.4, -0.2) is 29.3 Å². The van der Waals surface area contributed by atoms with Crippen LogP contribution in [0.4, 0.5) is 0 Å². The first-order chi connectivity index (χ1) is 5.35. The summed E-state index contributed by atoms with van der Waals surface area (Å²) >= 11 is 0. The second-order valence-electron chi connectivity index (χ2n) is 3.69. The molecule has 3 N–H and O–H groups in total. The standard InChI is InChI=1S/C8H17NO3/c1-8(2,3)12-6(5-9)4-7(10)11/h6H,4-5,9H2,1-3H3,(H,10,11)/t6-/m0/s1. The largest absolute Gasteiger partial charge is 0.481 e. The fourth-order valence-electron chi connectivity index (χ4n) is 0.868. The lowest BCUT2D eigenvalue weighted by molar-refractivity contribution is -0.143. The minimum Gasteiger partial charge on any atom is -0.481 e. The van der Waals surface area contributed by atoms with Crippen LogP contribution in [0, 0.1) is 0 Å². The first kappa shape index (κ1) is 11.4. The Kier molecular flexibility index (Phi) is 4.20. The second-order valence-corrected chi connectivity index (χ2v) is 3.69. The fraction of sp³-hybridized carbons (Fsp3) is 0.875. The normalized spacial score (nSPS) is 14.3. The van der Waals surface area contributed by atoms with Crippen LogP contribution in [-0.2, 0) is 9.53 Å². The third kappa shape index (κ3) is 6.12. The van der Waals surface area contributed by atoms with Crippen molar-refractivity contribution in [2.45, 2.75) is 38.9 Å². The van der Waals surface area contributed by atoms with E-state index in [1.807, 2.05) is 20.8 Å². The van der Waals surface area contributed by atoms with Gasteiger partial charge in [-0.3, -0.25) is 4.79 Å².